The Labute approximate surface area is 222 Å². The van der Waals surface area contributed by atoms with E-state index < -0.39 is 0 Å². The summed E-state index contributed by atoms with van der Waals surface area (Å²) in [6.45, 7) is 4.10. The number of likely N-dealkylation sites (tertiary alicyclic amines) is 1. The van der Waals surface area contributed by atoms with Crippen LogP contribution in [-0.4, -0.2) is 75.2 Å². The number of rotatable bonds is 3. The molecule has 3 amide bonds. The number of anilines is 2. The van der Waals surface area contributed by atoms with E-state index >= 15 is 0 Å². The molecule has 2 fully saturated rings. The van der Waals surface area contributed by atoms with Crippen molar-refractivity contribution in [3.05, 3.63) is 69.2 Å². The summed E-state index contributed by atoms with van der Waals surface area (Å²) in [5.74, 6) is 0.0934. The normalized spacial score (nSPS) is 20.9. The number of nitrogens with zero attached hydrogens (tertiary/aromatic N) is 6. The van der Waals surface area contributed by atoms with Crippen LogP contribution in [0.15, 0.2) is 47.3 Å². The van der Waals surface area contributed by atoms with Gasteiger partial charge in [-0.3, -0.25) is 14.9 Å². The highest BCUT2D eigenvalue weighted by Crippen LogP contribution is 2.35. The van der Waals surface area contributed by atoms with Crippen molar-refractivity contribution in [1.29, 1.82) is 0 Å². The third kappa shape index (κ3) is 4.69. The maximum atomic E-state index is 13.3. The van der Waals surface area contributed by atoms with Gasteiger partial charge in [0, 0.05) is 85.7 Å². The first-order chi connectivity index (χ1) is 18.0. The van der Waals surface area contributed by atoms with Gasteiger partial charge in [-0.25, -0.2) is 4.79 Å². The Bertz CT molecular complexity index is 1400. The zero-order valence-electron chi connectivity index (χ0n) is 20.0. The van der Waals surface area contributed by atoms with E-state index in [1.165, 1.54) is 0 Å². The molecule has 3 aromatic rings. The minimum Gasteiger partial charge on any atom is -0.368 e. The highest BCUT2D eigenvalue weighted by molar-refractivity contribution is 7.10. The van der Waals surface area contributed by atoms with Crippen molar-refractivity contribution in [3.63, 3.8) is 0 Å². The minimum atomic E-state index is -0.271. The zero-order valence-corrected chi connectivity index (χ0v) is 21.6. The van der Waals surface area contributed by atoms with Gasteiger partial charge in [0.1, 0.15) is 0 Å². The van der Waals surface area contributed by atoms with Crippen LogP contribution < -0.4 is 15.8 Å². The number of hydrogen-bond donors (Lipinski definition) is 1. The first-order valence-electron chi connectivity index (χ1n) is 12.3. The third-order valence-electron chi connectivity index (χ3n) is 7.42. The maximum absolute atomic E-state index is 13.3. The zero-order chi connectivity index (χ0) is 25.5. The lowest BCUT2D eigenvalue weighted by atomic mass is 9.83. The molecule has 192 valence electrons. The summed E-state index contributed by atoms with van der Waals surface area (Å²) in [4.78, 5) is 44.4. The molecule has 1 aromatic carbocycles. The monoisotopic (exact) mass is 539 g/mol. The van der Waals surface area contributed by atoms with E-state index in [9.17, 15) is 14.4 Å². The summed E-state index contributed by atoms with van der Waals surface area (Å²) in [5.41, 5.74) is 2.19. The molecular formula is C25H26ClN7O3S. The number of carbonyl (C=O) groups excluding carboxylic acids is 2. The molecule has 3 aliphatic rings. The fraction of sp³-hybridized carbons (Fsp3) is 0.400. The number of aromatic nitrogens is 3. The Morgan fingerprint density at radius 3 is 2.62 bits per heavy atom. The molecule has 2 saturated heterocycles. The molecule has 0 radical (unpaired) electrons. The summed E-state index contributed by atoms with van der Waals surface area (Å²) in [7, 11) is 0. The van der Waals surface area contributed by atoms with E-state index in [1.54, 1.807) is 21.9 Å². The second kappa shape index (κ2) is 9.79. The summed E-state index contributed by atoms with van der Waals surface area (Å²) in [6, 6.07) is 12.7. The van der Waals surface area contributed by atoms with Crippen LogP contribution in [0.3, 0.4) is 0 Å². The number of nitrogens with one attached hydrogen (secondary N) is 1. The van der Waals surface area contributed by atoms with E-state index in [0.717, 1.165) is 29.3 Å². The van der Waals surface area contributed by atoms with Crippen molar-refractivity contribution < 1.29 is 9.59 Å². The van der Waals surface area contributed by atoms with Crippen molar-refractivity contribution in [1.82, 2.24) is 24.0 Å². The second-order valence-electron chi connectivity index (χ2n) is 9.74. The molecule has 0 unspecified atom stereocenters. The fourth-order valence-corrected chi connectivity index (χ4v) is 6.38. The van der Waals surface area contributed by atoms with Gasteiger partial charge in [0.2, 0.25) is 0 Å². The Hall–Kier alpha value is -3.44. The molecule has 6 rings (SSSR count). The second-order valence-corrected chi connectivity index (χ2v) is 10.9. The van der Waals surface area contributed by atoms with Gasteiger partial charge >= 0.3 is 6.03 Å². The van der Waals surface area contributed by atoms with Gasteiger partial charge in [0.15, 0.2) is 10.7 Å². The van der Waals surface area contributed by atoms with Crippen molar-refractivity contribution in [2.45, 2.75) is 18.9 Å². The van der Waals surface area contributed by atoms with Crippen LogP contribution >= 0.6 is 23.1 Å². The van der Waals surface area contributed by atoms with Crippen LogP contribution in [0.5, 0.6) is 0 Å². The molecule has 0 spiro atoms. The topological polar surface area (TPSA) is 104 Å². The number of benzene rings is 1. The maximum Gasteiger partial charge on any atom is 0.322 e. The molecule has 1 N–H and O–H groups in total. The van der Waals surface area contributed by atoms with Gasteiger partial charge in [0.25, 0.3) is 11.5 Å². The molecule has 3 aliphatic heterocycles. The predicted molar refractivity (Wildman–Crippen MR) is 142 cm³/mol. The highest BCUT2D eigenvalue weighted by Gasteiger charge is 2.37. The smallest absolute Gasteiger partial charge is 0.322 e. The average molecular weight is 540 g/mol. The third-order valence-corrected chi connectivity index (χ3v) is 8.29. The number of fused-ring (bicyclic) bond motifs is 4. The van der Waals surface area contributed by atoms with Crippen molar-refractivity contribution in [2.24, 2.45) is 5.92 Å². The largest absolute Gasteiger partial charge is 0.368 e. The van der Waals surface area contributed by atoms with Gasteiger partial charge in [-0.2, -0.15) is 0 Å². The lowest BCUT2D eigenvalue weighted by Gasteiger charge is -2.42. The molecule has 10 nitrogen and oxygen atoms in total. The molecule has 2 aromatic heterocycles. The van der Waals surface area contributed by atoms with Crippen LogP contribution in [0.1, 0.15) is 28.5 Å². The highest BCUT2D eigenvalue weighted by atomic mass is 35.5. The van der Waals surface area contributed by atoms with Gasteiger partial charge < -0.3 is 19.3 Å². The Kier molecular flexibility index (Phi) is 6.33. The van der Waals surface area contributed by atoms with E-state index in [2.05, 4.69) is 19.8 Å². The number of carbonyl (C=O) groups is 2. The van der Waals surface area contributed by atoms with E-state index in [-0.39, 0.29) is 35.0 Å². The van der Waals surface area contributed by atoms with Crippen LogP contribution in [0, 0.1) is 5.92 Å². The fourth-order valence-electron chi connectivity index (χ4n) is 5.64. The molecule has 12 heteroatoms. The van der Waals surface area contributed by atoms with Gasteiger partial charge in [0.05, 0.1) is 0 Å². The number of hydrogen-bond acceptors (Lipinski definition) is 7. The molecule has 2 atom stereocenters. The van der Waals surface area contributed by atoms with Gasteiger partial charge in [-0.05, 0) is 36.6 Å². The number of piperazine rings is 1. The molecule has 0 saturated carbocycles. The molecule has 2 bridgehead atoms. The van der Waals surface area contributed by atoms with Crippen LogP contribution in [0.2, 0.25) is 5.02 Å². The quantitative estimate of drug-likeness (QED) is 0.549. The van der Waals surface area contributed by atoms with Gasteiger partial charge in [-0.1, -0.05) is 28.2 Å². The van der Waals surface area contributed by atoms with Crippen molar-refractivity contribution in [3.8, 4) is 0 Å². The standard InChI is InChI=1S/C25H26ClN7O3S/c26-18-3-1-4-19(12-18)30-7-9-31(10-8-30)24(35)22-23(37-29-28-22)27-25(36)32-13-16-11-17(15-32)20-5-2-6-21(34)33(20)14-16/h1-6,12,16-17H,7-11,13-15H2,(H,27,36)/t16-,17+/m1/s1. The lowest BCUT2D eigenvalue weighted by Crippen LogP contribution is -2.50. The van der Waals surface area contributed by atoms with Crippen LogP contribution in [0.4, 0.5) is 15.5 Å². The SMILES string of the molecule is O=C(Nc1snnc1C(=O)N1CCN(c2cccc(Cl)c2)CC1)N1C[C@H]2C[C@@H](C1)c1cccc(=O)n1C2. The van der Waals surface area contributed by atoms with Crippen LogP contribution in [-0.2, 0) is 6.54 Å². The average Bonchev–Trinajstić information content (AvgIpc) is 3.37. The van der Waals surface area contributed by atoms with E-state index in [0.29, 0.717) is 55.8 Å². The summed E-state index contributed by atoms with van der Waals surface area (Å²) < 4.78 is 5.79. The first kappa shape index (κ1) is 23.9. The van der Waals surface area contributed by atoms with Crippen molar-refractivity contribution >= 4 is 45.8 Å². The number of piperidine rings is 1. The van der Waals surface area contributed by atoms with E-state index in [1.807, 2.05) is 34.9 Å². The van der Waals surface area contributed by atoms with Crippen molar-refractivity contribution in [2.75, 3.05) is 49.5 Å². The Balaban J connectivity index is 1.10. The number of amides is 3. The number of urea groups is 1. The van der Waals surface area contributed by atoms with E-state index in [4.69, 9.17) is 11.6 Å². The minimum absolute atomic E-state index is 0.0115. The summed E-state index contributed by atoms with van der Waals surface area (Å²) >= 11 is 7.13. The Morgan fingerprint density at radius 2 is 1.81 bits per heavy atom. The van der Waals surface area contributed by atoms with Gasteiger partial charge in [-0.15, -0.1) is 5.10 Å². The molecule has 5 heterocycles. The lowest BCUT2D eigenvalue weighted by molar-refractivity contribution is 0.0742. The molecule has 0 aliphatic carbocycles. The molecular weight excluding hydrogens is 514 g/mol. The van der Waals surface area contributed by atoms with Crippen LogP contribution in [0.25, 0.3) is 0 Å². The summed E-state index contributed by atoms with van der Waals surface area (Å²) in [6.07, 6.45) is 0.959. The number of halogens is 1. The first-order valence-corrected chi connectivity index (χ1v) is 13.5. The Morgan fingerprint density at radius 1 is 1.00 bits per heavy atom. The molecule has 37 heavy (non-hydrogen) atoms. The predicted octanol–water partition coefficient (Wildman–Crippen LogP) is 2.97. The number of pyridine rings is 1. The summed E-state index contributed by atoms with van der Waals surface area (Å²) in [5, 5.41) is 7.98.